The van der Waals surface area contributed by atoms with Crippen LogP contribution in [0.3, 0.4) is 0 Å². The van der Waals surface area contributed by atoms with Crippen LogP contribution in [-0.2, 0) is 44.9 Å². The van der Waals surface area contributed by atoms with Gasteiger partial charge in [-0.15, -0.1) is 0 Å². The fraction of sp³-hybridized carbons (Fsp3) is 0.395. The molecule has 0 amide bonds. The molecule has 41 heavy (non-hydrogen) atoms. The number of benzene rings is 3. The Balaban J connectivity index is 0.00000231. The monoisotopic (exact) mass is 662 g/mol. The summed E-state index contributed by atoms with van der Waals surface area (Å²) in [6.07, 6.45) is 8.39. The van der Waals surface area contributed by atoms with Gasteiger partial charge in [0.05, 0.1) is 0 Å². The van der Waals surface area contributed by atoms with Crippen LogP contribution in [0.4, 0.5) is 0 Å². The van der Waals surface area contributed by atoms with Crippen molar-refractivity contribution in [2.75, 3.05) is 0 Å². The van der Waals surface area contributed by atoms with Gasteiger partial charge < -0.3 is 24.8 Å². The minimum absolute atomic E-state index is 0. The summed E-state index contributed by atoms with van der Waals surface area (Å²) in [5, 5.41) is 0. The third-order valence-electron chi connectivity index (χ3n) is 8.51. The minimum Gasteiger partial charge on any atom is -1.00 e. The first-order valence-corrected chi connectivity index (χ1v) is 18.6. The second kappa shape index (κ2) is 12.6. The Kier molecular flexibility index (Phi) is 10.4. The van der Waals surface area contributed by atoms with Gasteiger partial charge in [0.1, 0.15) is 0 Å². The molecule has 3 aromatic rings. The molecule has 0 heterocycles. The van der Waals surface area contributed by atoms with E-state index in [0.717, 1.165) is 19.3 Å². The first kappa shape index (κ1) is 34.0. The van der Waals surface area contributed by atoms with Crippen molar-refractivity contribution in [3.8, 4) is 11.1 Å². The molecule has 0 saturated carbocycles. The van der Waals surface area contributed by atoms with Gasteiger partial charge in [-0.05, 0) is 0 Å². The summed E-state index contributed by atoms with van der Waals surface area (Å²) in [7, 11) is 0. The van der Waals surface area contributed by atoms with Crippen LogP contribution in [0.2, 0.25) is 0 Å². The van der Waals surface area contributed by atoms with Gasteiger partial charge in [0, 0.05) is 0 Å². The molecule has 5 rings (SSSR count). The molecule has 0 nitrogen and oxygen atoms in total. The summed E-state index contributed by atoms with van der Waals surface area (Å²) in [5.41, 5.74) is 12.4. The Morgan fingerprint density at radius 3 is 1.93 bits per heavy atom. The van der Waals surface area contributed by atoms with Crippen LogP contribution >= 0.6 is 0 Å². The zero-order valence-electron chi connectivity index (χ0n) is 26.4. The third kappa shape index (κ3) is 7.35. The SMILES string of the molecule is CC(C)(C)C1=CC[C]([Zr+2](=[CH]Cc2ccccc2)[c]2cc(C(C)(C)C)cc3c2Cc2ccc(C(C)(C)C)cc2-3)=C1.[Cl-].[Cl-]. The predicted molar refractivity (Wildman–Crippen MR) is 168 cm³/mol. The number of allylic oxidation sites excluding steroid dienone is 4. The van der Waals surface area contributed by atoms with Gasteiger partial charge in [-0.3, -0.25) is 0 Å². The molecule has 0 radical (unpaired) electrons. The first-order chi connectivity index (χ1) is 18.2. The topological polar surface area (TPSA) is 0 Å². The van der Waals surface area contributed by atoms with E-state index in [1.807, 2.05) is 0 Å². The number of rotatable bonds is 4. The van der Waals surface area contributed by atoms with Crippen LogP contribution in [0, 0.1) is 5.41 Å². The van der Waals surface area contributed by atoms with E-state index in [0.29, 0.717) is 0 Å². The summed E-state index contributed by atoms with van der Waals surface area (Å²) in [6, 6.07) is 23.5. The number of hydrogen-bond donors (Lipinski definition) is 0. The maximum atomic E-state index is 2.79. The van der Waals surface area contributed by atoms with Crippen molar-refractivity contribution in [3.05, 3.63) is 109 Å². The number of fused-ring (bicyclic) bond motifs is 3. The van der Waals surface area contributed by atoms with Crippen molar-refractivity contribution in [2.45, 2.75) is 92.4 Å². The first-order valence-electron chi connectivity index (χ1n) is 14.7. The molecule has 2 aliphatic carbocycles. The average Bonchev–Trinajstić information content (AvgIpc) is 3.49. The van der Waals surface area contributed by atoms with E-state index < -0.39 is 21.3 Å². The number of halogens is 2. The molecule has 3 heteroatoms. The largest absolute Gasteiger partial charge is 1.00 e. The van der Waals surface area contributed by atoms with Gasteiger partial charge in [-0.2, -0.15) is 0 Å². The minimum atomic E-state index is -2.34. The van der Waals surface area contributed by atoms with E-state index in [1.54, 1.807) is 12.1 Å². The molecule has 0 N–H and O–H groups in total. The van der Waals surface area contributed by atoms with Gasteiger partial charge >= 0.3 is 247 Å². The van der Waals surface area contributed by atoms with Crippen LogP contribution in [-0.4, -0.2) is 3.71 Å². The van der Waals surface area contributed by atoms with E-state index in [1.165, 1.54) is 39.0 Å². The summed E-state index contributed by atoms with van der Waals surface area (Å²) in [5.74, 6) is 0. The molecule has 0 aliphatic heterocycles. The molecule has 0 unspecified atom stereocenters. The van der Waals surface area contributed by atoms with Crippen molar-refractivity contribution in [1.82, 2.24) is 0 Å². The molecule has 0 bridgehead atoms. The van der Waals surface area contributed by atoms with Crippen LogP contribution in [0.1, 0.15) is 96.6 Å². The van der Waals surface area contributed by atoms with Crippen LogP contribution in [0.15, 0.2) is 81.7 Å². The molecular formula is C38H46Cl2Zr. The van der Waals surface area contributed by atoms with Gasteiger partial charge in [-0.1, -0.05) is 0 Å². The van der Waals surface area contributed by atoms with Gasteiger partial charge in [0.15, 0.2) is 0 Å². The average molecular weight is 665 g/mol. The Labute approximate surface area is 269 Å². The summed E-state index contributed by atoms with van der Waals surface area (Å²) >= 11 is -2.34. The van der Waals surface area contributed by atoms with Crippen molar-refractivity contribution in [2.24, 2.45) is 5.41 Å². The molecule has 0 spiro atoms. The van der Waals surface area contributed by atoms with Crippen LogP contribution < -0.4 is 28.1 Å². The Hall–Kier alpha value is -1.53. The van der Waals surface area contributed by atoms with E-state index in [9.17, 15) is 0 Å². The second-order valence-corrected chi connectivity index (χ2v) is 20.6. The third-order valence-corrected chi connectivity index (χ3v) is 15.1. The predicted octanol–water partition coefficient (Wildman–Crippen LogP) is 3.41. The van der Waals surface area contributed by atoms with E-state index in [2.05, 4.69) is 139 Å². The summed E-state index contributed by atoms with van der Waals surface area (Å²) in [6.45, 7) is 21.2. The zero-order chi connectivity index (χ0) is 28.2. The molecule has 0 fully saturated rings. The molecule has 216 valence electrons. The quantitative estimate of drug-likeness (QED) is 0.314. The molecule has 0 saturated heterocycles. The fourth-order valence-electron chi connectivity index (χ4n) is 5.90. The van der Waals surface area contributed by atoms with Crippen molar-refractivity contribution < 1.29 is 46.1 Å². The number of hydrogen-bond acceptors (Lipinski definition) is 0. The molecule has 2 aliphatic rings. The van der Waals surface area contributed by atoms with Crippen molar-refractivity contribution in [3.63, 3.8) is 0 Å². The summed E-state index contributed by atoms with van der Waals surface area (Å²) in [4.78, 5) is 0. The Bertz CT molecular complexity index is 1500. The maximum Gasteiger partial charge on any atom is -1.00 e. The maximum absolute atomic E-state index is 2.79. The van der Waals surface area contributed by atoms with E-state index in [4.69, 9.17) is 0 Å². The molecule has 0 aromatic heterocycles. The van der Waals surface area contributed by atoms with Crippen molar-refractivity contribution >= 4 is 6.98 Å². The Morgan fingerprint density at radius 2 is 1.34 bits per heavy atom. The fourth-order valence-corrected chi connectivity index (χ4v) is 12.7. The normalized spacial score (nSPS) is 14.5. The van der Waals surface area contributed by atoms with Gasteiger partial charge in [0.25, 0.3) is 0 Å². The Morgan fingerprint density at radius 1 is 0.707 bits per heavy atom. The van der Waals surface area contributed by atoms with Crippen LogP contribution in [0.25, 0.3) is 11.1 Å². The van der Waals surface area contributed by atoms with Crippen LogP contribution in [0.5, 0.6) is 0 Å². The smallest absolute Gasteiger partial charge is 1.00 e. The van der Waals surface area contributed by atoms with Gasteiger partial charge in [-0.25, -0.2) is 0 Å². The van der Waals surface area contributed by atoms with Gasteiger partial charge in [0.2, 0.25) is 0 Å². The second-order valence-electron chi connectivity index (χ2n) is 14.7. The standard InChI is InChI=1S/C21H25.C9H13.C8H8.2ClH.Zr/c1-20(2,3)16-9-7-14-11-15-8-10-17(21(4,5)6)13-19(15)18(14)12-16;1-9(2,3)8-6-4-5-7-8;1-2-8-6-4-3-5-7-8;;;/h7,9-10,12-13H,11H2,1-6H3;6-7H,4H2,1-3H3;1,3-7H,2H2;2*1H;/q;;;;;+2/p-2. The molecule has 0 atom stereocenters. The van der Waals surface area contributed by atoms with E-state index >= 15 is 0 Å². The zero-order valence-corrected chi connectivity index (χ0v) is 30.4. The molecule has 3 aromatic carbocycles. The van der Waals surface area contributed by atoms with Crippen molar-refractivity contribution in [1.29, 1.82) is 0 Å². The molecular weight excluding hydrogens is 619 g/mol. The van der Waals surface area contributed by atoms with E-state index in [-0.39, 0.29) is 41.1 Å². The summed E-state index contributed by atoms with van der Waals surface area (Å²) < 4.78 is 6.23.